The first-order valence-corrected chi connectivity index (χ1v) is 6.34. The minimum Gasteiger partial charge on any atom is -0.358 e. The van der Waals surface area contributed by atoms with E-state index >= 15 is 0 Å². The second-order valence-electron chi connectivity index (χ2n) is 3.34. The number of carbonyl (C=O) groups is 1. The first-order valence-electron chi connectivity index (χ1n) is 4.51. The number of H-pyrrole nitrogens is 1. The Kier molecular flexibility index (Phi) is 2.98. The lowest BCUT2D eigenvalue weighted by Crippen LogP contribution is -2.07. The molecule has 0 saturated carbocycles. The van der Waals surface area contributed by atoms with Crippen molar-refractivity contribution in [1.29, 1.82) is 0 Å². The lowest BCUT2D eigenvalue weighted by atomic mass is 10.1. The van der Waals surface area contributed by atoms with Crippen LogP contribution in [0.3, 0.4) is 0 Å². The van der Waals surface area contributed by atoms with Crippen LogP contribution in [0.5, 0.6) is 0 Å². The predicted molar refractivity (Wildman–Crippen MR) is 69.0 cm³/mol. The zero-order valence-electron chi connectivity index (χ0n) is 8.05. The number of para-hydroxylation sites is 1. The monoisotopic (exact) mass is 329 g/mol. The Morgan fingerprint density at radius 3 is 2.67 bits per heavy atom. The van der Waals surface area contributed by atoms with Gasteiger partial charge in [-0.15, -0.1) is 0 Å². The summed E-state index contributed by atoms with van der Waals surface area (Å²) in [7, 11) is 0. The number of aromatic amines is 1. The van der Waals surface area contributed by atoms with Crippen molar-refractivity contribution in [3.05, 3.63) is 35.5 Å². The molecule has 0 spiro atoms. The van der Waals surface area contributed by atoms with E-state index in [-0.39, 0.29) is 9.52 Å². The maximum atomic E-state index is 11.9. The molecule has 1 aromatic heterocycles. The summed E-state index contributed by atoms with van der Waals surface area (Å²) in [6.45, 7) is 1.91. The first kappa shape index (κ1) is 10.9. The van der Waals surface area contributed by atoms with Gasteiger partial charge in [-0.25, -0.2) is 0 Å². The zero-order valence-corrected chi connectivity index (χ0v) is 11.2. The quantitative estimate of drug-likeness (QED) is 0.659. The highest BCUT2D eigenvalue weighted by atomic mass is 79.9. The zero-order chi connectivity index (χ0) is 11.0. The Bertz CT molecular complexity index is 516. The van der Waals surface area contributed by atoms with Crippen molar-refractivity contribution in [2.24, 2.45) is 0 Å². The molecule has 0 radical (unpaired) electrons. The molecule has 0 fully saturated rings. The van der Waals surface area contributed by atoms with E-state index in [0.29, 0.717) is 0 Å². The highest BCUT2D eigenvalue weighted by Gasteiger charge is 2.20. The van der Waals surface area contributed by atoms with Gasteiger partial charge in [-0.3, -0.25) is 4.79 Å². The summed E-state index contributed by atoms with van der Waals surface area (Å²) in [6, 6.07) is 7.81. The van der Waals surface area contributed by atoms with Crippen LogP contribution in [0, 0.1) is 6.92 Å². The van der Waals surface area contributed by atoms with Crippen LogP contribution in [0.1, 0.15) is 16.1 Å². The second-order valence-corrected chi connectivity index (χ2v) is 6.40. The van der Waals surface area contributed by atoms with Crippen molar-refractivity contribution in [3.63, 3.8) is 0 Å². The lowest BCUT2D eigenvalue weighted by molar-refractivity contribution is 0.101. The molecule has 2 aromatic rings. The van der Waals surface area contributed by atoms with Crippen molar-refractivity contribution in [2.45, 2.75) is 10.7 Å². The van der Waals surface area contributed by atoms with Crippen LogP contribution in [-0.2, 0) is 0 Å². The number of aryl methyl sites for hydroxylation is 1. The molecule has 0 aliphatic carbocycles. The number of halogens is 2. The van der Waals surface area contributed by atoms with Crippen LogP contribution in [0.2, 0.25) is 0 Å². The van der Waals surface area contributed by atoms with E-state index < -0.39 is 0 Å². The molecule has 0 aliphatic rings. The molecule has 0 unspecified atom stereocenters. The van der Waals surface area contributed by atoms with Crippen LogP contribution >= 0.6 is 31.9 Å². The maximum Gasteiger partial charge on any atom is 0.189 e. The normalized spacial score (nSPS) is 11.2. The van der Waals surface area contributed by atoms with E-state index in [0.717, 1.165) is 22.2 Å². The smallest absolute Gasteiger partial charge is 0.189 e. The average molecular weight is 331 g/mol. The van der Waals surface area contributed by atoms with Gasteiger partial charge in [0.15, 0.2) is 5.78 Å². The maximum absolute atomic E-state index is 11.9. The average Bonchev–Trinajstić information content (AvgIpc) is 2.52. The van der Waals surface area contributed by atoms with Gasteiger partial charge in [-0.1, -0.05) is 50.1 Å². The summed E-state index contributed by atoms with van der Waals surface area (Å²) in [4.78, 5) is 15.1. The molecule has 78 valence electrons. The van der Waals surface area contributed by atoms with E-state index in [1.807, 2.05) is 31.2 Å². The van der Waals surface area contributed by atoms with Gasteiger partial charge < -0.3 is 4.98 Å². The van der Waals surface area contributed by atoms with Crippen molar-refractivity contribution in [1.82, 2.24) is 4.98 Å². The fourth-order valence-corrected chi connectivity index (χ4v) is 2.16. The van der Waals surface area contributed by atoms with Gasteiger partial charge in [-0.05, 0) is 13.0 Å². The number of nitrogens with one attached hydrogen (secondary N) is 1. The van der Waals surface area contributed by atoms with Crippen molar-refractivity contribution in [3.8, 4) is 0 Å². The van der Waals surface area contributed by atoms with E-state index in [2.05, 4.69) is 36.8 Å². The second kappa shape index (κ2) is 4.10. The van der Waals surface area contributed by atoms with E-state index in [4.69, 9.17) is 0 Å². The predicted octanol–water partition coefficient (Wildman–Crippen LogP) is 3.77. The Morgan fingerprint density at radius 1 is 1.33 bits per heavy atom. The van der Waals surface area contributed by atoms with Gasteiger partial charge in [0.2, 0.25) is 0 Å². The number of ketones is 1. The molecule has 2 rings (SSSR count). The molecular weight excluding hydrogens is 322 g/mol. The number of benzene rings is 1. The molecule has 1 heterocycles. The van der Waals surface area contributed by atoms with Crippen molar-refractivity contribution in [2.75, 3.05) is 0 Å². The van der Waals surface area contributed by atoms with Crippen molar-refractivity contribution >= 4 is 48.5 Å². The number of hydrogen-bond acceptors (Lipinski definition) is 1. The SMILES string of the molecule is Cc1[nH]c2ccccc2c1C(=O)C(Br)Br. The lowest BCUT2D eigenvalue weighted by Gasteiger charge is -2.01. The minimum atomic E-state index is -0.331. The molecule has 1 N–H and O–H groups in total. The Hall–Kier alpha value is -0.610. The number of fused-ring (bicyclic) bond motifs is 1. The van der Waals surface area contributed by atoms with E-state index in [9.17, 15) is 4.79 Å². The first-order chi connectivity index (χ1) is 7.11. The third kappa shape index (κ3) is 1.88. The largest absolute Gasteiger partial charge is 0.358 e. The standard InChI is InChI=1S/C11H9Br2NO/c1-6-9(10(15)11(12)13)7-4-2-3-5-8(7)14-6/h2-5,11,14H,1H3. The molecule has 0 atom stereocenters. The fourth-order valence-electron chi connectivity index (χ4n) is 1.70. The topological polar surface area (TPSA) is 32.9 Å². The Balaban J connectivity index is 2.69. The van der Waals surface area contributed by atoms with E-state index in [1.54, 1.807) is 0 Å². The summed E-state index contributed by atoms with van der Waals surface area (Å²) in [5, 5.41) is 0.976. The molecule has 4 heteroatoms. The number of hydrogen-bond donors (Lipinski definition) is 1. The number of Topliss-reactive ketones (excluding diaryl/α,β-unsaturated/α-hetero) is 1. The highest BCUT2D eigenvalue weighted by Crippen LogP contribution is 2.26. The van der Waals surface area contributed by atoms with Crippen LogP contribution in [-0.4, -0.2) is 14.5 Å². The minimum absolute atomic E-state index is 0.0462. The van der Waals surface area contributed by atoms with Crippen LogP contribution in [0.4, 0.5) is 0 Å². The van der Waals surface area contributed by atoms with E-state index in [1.165, 1.54) is 0 Å². The molecule has 0 bridgehead atoms. The third-order valence-electron chi connectivity index (χ3n) is 2.34. The summed E-state index contributed by atoms with van der Waals surface area (Å²) < 4.78 is -0.331. The molecule has 1 aromatic carbocycles. The molecular formula is C11H9Br2NO. The summed E-state index contributed by atoms with van der Waals surface area (Å²) >= 11 is 6.47. The van der Waals surface area contributed by atoms with Gasteiger partial charge in [0, 0.05) is 22.2 Å². The highest BCUT2D eigenvalue weighted by molar-refractivity contribution is 9.25. The van der Waals surface area contributed by atoms with Gasteiger partial charge in [0.1, 0.15) is 3.74 Å². The van der Waals surface area contributed by atoms with Gasteiger partial charge >= 0.3 is 0 Å². The summed E-state index contributed by atoms with van der Waals surface area (Å²) in [5.41, 5.74) is 2.66. The molecule has 0 amide bonds. The third-order valence-corrected chi connectivity index (χ3v) is 3.17. The van der Waals surface area contributed by atoms with Crippen molar-refractivity contribution < 1.29 is 4.79 Å². The Morgan fingerprint density at radius 2 is 2.00 bits per heavy atom. The molecule has 2 nitrogen and oxygen atoms in total. The number of alkyl halides is 2. The van der Waals surface area contributed by atoms with Crippen LogP contribution in [0.25, 0.3) is 10.9 Å². The number of carbonyl (C=O) groups excluding carboxylic acids is 1. The van der Waals surface area contributed by atoms with Gasteiger partial charge in [0.05, 0.1) is 0 Å². The Labute approximate surface area is 104 Å². The molecule has 0 saturated heterocycles. The molecule has 15 heavy (non-hydrogen) atoms. The fraction of sp³-hybridized carbons (Fsp3) is 0.182. The number of aromatic nitrogens is 1. The molecule has 0 aliphatic heterocycles. The van der Waals surface area contributed by atoms with Gasteiger partial charge in [-0.2, -0.15) is 0 Å². The summed E-state index contributed by atoms with van der Waals surface area (Å²) in [5.74, 6) is 0.0462. The summed E-state index contributed by atoms with van der Waals surface area (Å²) in [6.07, 6.45) is 0. The van der Waals surface area contributed by atoms with Gasteiger partial charge in [0.25, 0.3) is 0 Å². The van der Waals surface area contributed by atoms with Crippen LogP contribution < -0.4 is 0 Å². The number of rotatable bonds is 2. The van der Waals surface area contributed by atoms with Crippen LogP contribution in [0.15, 0.2) is 24.3 Å².